The Labute approximate surface area is 168 Å². The molecule has 0 radical (unpaired) electrons. The third-order valence-electron chi connectivity index (χ3n) is 5.62. The number of non-ortho nitro benzene ring substituents is 1. The summed E-state index contributed by atoms with van der Waals surface area (Å²) in [6, 6.07) is 13.0. The Hall–Kier alpha value is -3.35. The molecule has 2 aliphatic heterocycles. The normalized spacial score (nSPS) is 24.2. The lowest BCUT2D eigenvalue weighted by atomic mass is 10.1. The first-order valence-electron chi connectivity index (χ1n) is 9.73. The van der Waals surface area contributed by atoms with E-state index in [0.717, 1.165) is 12.1 Å². The van der Waals surface area contributed by atoms with Crippen molar-refractivity contribution in [1.82, 2.24) is 5.32 Å². The Balaban J connectivity index is 1.48. The molecule has 7 heteroatoms. The van der Waals surface area contributed by atoms with Crippen LogP contribution in [-0.4, -0.2) is 16.9 Å². The minimum absolute atomic E-state index is 0.00958. The second kappa shape index (κ2) is 6.62. The zero-order chi connectivity index (χ0) is 20.1. The monoisotopic (exact) mass is 391 g/mol. The lowest BCUT2D eigenvalue weighted by Gasteiger charge is -2.16. The van der Waals surface area contributed by atoms with Gasteiger partial charge in [0.05, 0.1) is 10.6 Å². The fourth-order valence-electron chi connectivity index (χ4n) is 4.08. The lowest BCUT2D eigenvalue weighted by molar-refractivity contribution is -0.385. The number of nitro benzene ring substituents is 1. The van der Waals surface area contributed by atoms with Gasteiger partial charge in [-0.25, -0.2) is 4.99 Å². The quantitative estimate of drug-likeness (QED) is 0.625. The average molecular weight is 391 g/mol. The Morgan fingerprint density at radius 2 is 2.07 bits per heavy atom. The summed E-state index contributed by atoms with van der Waals surface area (Å²) in [4.78, 5) is 15.9. The number of nitrogens with one attached hydrogen (secondary N) is 1. The molecule has 3 aliphatic rings. The van der Waals surface area contributed by atoms with Gasteiger partial charge in [-0.15, -0.1) is 0 Å². The number of rotatable bonds is 4. The fraction of sp³-hybridized carbons (Fsp3) is 0.318. The summed E-state index contributed by atoms with van der Waals surface area (Å²) in [5.74, 6) is 0.731. The van der Waals surface area contributed by atoms with Crippen LogP contribution in [0.5, 0.6) is 0 Å². The summed E-state index contributed by atoms with van der Waals surface area (Å²) in [6.07, 6.45) is 1.96. The van der Waals surface area contributed by atoms with E-state index in [4.69, 9.17) is 14.5 Å². The Morgan fingerprint density at radius 1 is 1.24 bits per heavy atom. The highest BCUT2D eigenvalue weighted by molar-refractivity contribution is 5.96. The second-order valence-electron chi connectivity index (χ2n) is 7.90. The maximum atomic E-state index is 11.5. The molecule has 1 aliphatic carbocycles. The summed E-state index contributed by atoms with van der Waals surface area (Å²) in [7, 11) is 0. The third kappa shape index (κ3) is 3.03. The number of ether oxygens (including phenoxy) is 2. The predicted molar refractivity (Wildman–Crippen MR) is 107 cm³/mol. The zero-order valence-corrected chi connectivity index (χ0v) is 16.2. The molecular formula is C22H21N3O4. The molecule has 2 heterocycles. The topological polar surface area (TPSA) is 86.0 Å². The van der Waals surface area contributed by atoms with E-state index < -0.39 is 11.2 Å². The van der Waals surface area contributed by atoms with Gasteiger partial charge < -0.3 is 14.8 Å². The molecule has 3 atom stereocenters. The summed E-state index contributed by atoms with van der Waals surface area (Å²) in [5, 5.41) is 14.8. The van der Waals surface area contributed by atoms with E-state index in [1.807, 2.05) is 18.2 Å². The second-order valence-corrected chi connectivity index (χ2v) is 7.90. The Kier molecular flexibility index (Phi) is 4.04. The van der Waals surface area contributed by atoms with Crippen LogP contribution < -0.4 is 5.32 Å². The van der Waals surface area contributed by atoms with Gasteiger partial charge in [0.15, 0.2) is 6.23 Å². The van der Waals surface area contributed by atoms with Crippen molar-refractivity contribution in [2.45, 2.75) is 38.6 Å². The van der Waals surface area contributed by atoms with E-state index in [1.54, 1.807) is 6.26 Å². The van der Waals surface area contributed by atoms with E-state index in [2.05, 4.69) is 31.3 Å². The van der Waals surface area contributed by atoms with Gasteiger partial charge in [0, 0.05) is 29.7 Å². The highest BCUT2D eigenvalue weighted by atomic mass is 16.6. The lowest BCUT2D eigenvalue weighted by Crippen LogP contribution is -2.19. The van der Waals surface area contributed by atoms with Crippen LogP contribution in [0.15, 0.2) is 59.4 Å². The van der Waals surface area contributed by atoms with Crippen LogP contribution >= 0.6 is 0 Å². The van der Waals surface area contributed by atoms with Gasteiger partial charge in [-0.05, 0) is 23.1 Å². The smallest absolute Gasteiger partial charge is 0.270 e. The van der Waals surface area contributed by atoms with Crippen molar-refractivity contribution in [1.29, 1.82) is 0 Å². The van der Waals surface area contributed by atoms with Crippen LogP contribution in [0.2, 0.25) is 0 Å². The van der Waals surface area contributed by atoms with Crippen molar-refractivity contribution in [3.8, 4) is 0 Å². The number of hydrogen-bond acceptors (Lipinski definition) is 6. The van der Waals surface area contributed by atoms with Gasteiger partial charge in [-0.1, -0.05) is 38.1 Å². The molecule has 7 nitrogen and oxygen atoms in total. The van der Waals surface area contributed by atoms with Gasteiger partial charge in [0.1, 0.15) is 18.4 Å². The highest BCUT2D eigenvalue weighted by Gasteiger charge is 2.40. The van der Waals surface area contributed by atoms with E-state index in [9.17, 15) is 10.1 Å². The van der Waals surface area contributed by atoms with Crippen LogP contribution in [-0.2, 0) is 15.9 Å². The SMILES string of the molecule is CC(C)C1=COC(c2cc(C3=N[C@@H]4c5ccccc5C[C@@H]4O3)cc([N+](=O)[O-])c2)N1. The van der Waals surface area contributed by atoms with Gasteiger partial charge in [0.25, 0.3) is 5.69 Å². The number of nitrogens with zero attached hydrogens (tertiary/aromatic N) is 2. The molecule has 29 heavy (non-hydrogen) atoms. The van der Waals surface area contributed by atoms with Crippen molar-refractivity contribution in [2.75, 3.05) is 0 Å². The van der Waals surface area contributed by atoms with Crippen LogP contribution in [0.25, 0.3) is 0 Å². The molecule has 0 fully saturated rings. The number of aliphatic imine (C=N–C) groups is 1. The van der Waals surface area contributed by atoms with Crippen molar-refractivity contribution in [3.05, 3.63) is 86.8 Å². The summed E-state index contributed by atoms with van der Waals surface area (Å²) >= 11 is 0. The number of benzene rings is 2. The van der Waals surface area contributed by atoms with E-state index in [0.29, 0.717) is 17.0 Å². The zero-order valence-electron chi connectivity index (χ0n) is 16.2. The van der Waals surface area contributed by atoms with Crippen LogP contribution in [0.3, 0.4) is 0 Å². The first-order valence-corrected chi connectivity index (χ1v) is 9.73. The molecule has 0 saturated carbocycles. The predicted octanol–water partition coefficient (Wildman–Crippen LogP) is 4.15. The van der Waals surface area contributed by atoms with Gasteiger partial charge in [0.2, 0.25) is 5.90 Å². The van der Waals surface area contributed by atoms with Crippen molar-refractivity contribution < 1.29 is 14.4 Å². The molecule has 0 aromatic heterocycles. The summed E-state index contributed by atoms with van der Waals surface area (Å²) < 4.78 is 11.8. The molecule has 0 saturated heterocycles. The molecule has 0 spiro atoms. The molecule has 2 aromatic carbocycles. The van der Waals surface area contributed by atoms with Crippen LogP contribution in [0, 0.1) is 16.0 Å². The maximum Gasteiger partial charge on any atom is 0.270 e. The minimum Gasteiger partial charge on any atom is -0.472 e. The first kappa shape index (κ1) is 17.7. The van der Waals surface area contributed by atoms with Gasteiger partial charge in [-0.2, -0.15) is 0 Å². The fourth-order valence-corrected chi connectivity index (χ4v) is 4.08. The standard InChI is InChI=1S/C22H21N3O4/c1-12(2)18-11-28-21(23-18)14-7-15(9-16(8-14)25(26)27)22-24-20-17-6-4-3-5-13(17)10-19(20)29-22/h3-9,11-12,19-21,23H,10H2,1-2H3/t19-,20+,21?/m0/s1. The van der Waals surface area contributed by atoms with E-state index in [-0.39, 0.29) is 23.8 Å². The molecule has 2 aromatic rings. The Morgan fingerprint density at radius 3 is 2.83 bits per heavy atom. The van der Waals surface area contributed by atoms with Gasteiger partial charge >= 0.3 is 0 Å². The maximum absolute atomic E-state index is 11.5. The van der Waals surface area contributed by atoms with E-state index >= 15 is 0 Å². The largest absolute Gasteiger partial charge is 0.472 e. The third-order valence-corrected chi connectivity index (χ3v) is 5.62. The van der Waals surface area contributed by atoms with Crippen molar-refractivity contribution in [2.24, 2.45) is 10.9 Å². The number of hydrogen-bond donors (Lipinski definition) is 1. The molecule has 0 amide bonds. The summed E-state index contributed by atoms with van der Waals surface area (Å²) in [6.45, 7) is 4.11. The number of nitro groups is 1. The van der Waals surface area contributed by atoms with Crippen molar-refractivity contribution in [3.63, 3.8) is 0 Å². The molecule has 1 unspecified atom stereocenters. The van der Waals surface area contributed by atoms with E-state index in [1.165, 1.54) is 23.3 Å². The van der Waals surface area contributed by atoms with Crippen LogP contribution in [0.1, 0.15) is 48.4 Å². The van der Waals surface area contributed by atoms with Crippen LogP contribution in [0.4, 0.5) is 5.69 Å². The Bertz CT molecular complexity index is 1060. The molecule has 0 bridgehead atoms. The molecular weight excluding hydrogens is 370 g/mol. The molecule has 1 N–H and O–H groups in total. The number of fused-ring (bicyclic) bond motifs is 3. The number of allylic oxidation sites excluding steroid dienone is 1. The minimum atomic E-state index is -0.465. The summed E-state index contributed by atoms with van der Waals surface area (Å²) in [5.41, 5.74) is 4.65. The van der Waals surface area contributed by atoms with Gasteiger partial charge in [-0.3, -0.25) is 10.1 Å². The highest BCUT2D eigenvalue weighted by Crippen LogP contribution is 2.41. The average Bonchev–Trinajstić information content (AvgIpc) is 3.42. The molecule has 148 valence electrons. The molecule has 5 rings (SSSR count). The first-order chi connectivity index (χ1) is 14.0. The van der Waals surface area contributed by atoms with Crippen molar-refractivity contribution >= 4 is 11.6 Å².